The number of imide groups is 1. The normalized spacial score (nSPS) is 21.3. The molecule has 2 saturated heterocycles. The molecule has 1 saturated carbocycles. The fourth-order valence-corrected chi connectivity index (χ4v) is 5.42. The van der Waals surface area contributed by atoms with Crippen molar-refractivity contribution in [2.24, 2.45) is 5.41 Å². The Balaban J connectivity index is 1.18. The molecule has 2 heterocycles. The molecule has 7 nitrogen and oxygen atoms in total. The van der Waals surface area contributed by atoms with Gasteiger partial charge in [-0.15, -0.1) is 0 Å². The molecular formula is C28H33BrN4O3. The van der Waals surface area contributed by atoms with Crippen molar-refractivity contribution in [1.29, 1.82) is 0 Å². The lowest BCUT2D eigenvalue weighted by atomic mass is 9.87. The van der Waals surface area contributed by atoms with E-state index in [-0.39, 0.29) is 35.8 Å². The second kappa shape index (κ2) is 9.98. The topological polar surface area (TPSA) is 81.8 Å². The van der Waals surface area contributed by atoms with Gasteiger partial charge < -0.3 is 15.5 Å². The van der Waals surface area contributed by atoms with E-state index in [0.29, 0.717) is 12.8 Å². The van der Waals surface area contributed by atoms with Crippen LogP contribution in [-0.4, -0.2) is 52.8 Å². The molecule has 4 amide bonds. The Labute approximate surface area is 220 Å². The first-order chi connectivity index (χ1) is 17.3. The molecule has 0 radical (unpaired) electrons. The summed E-state index contributed by atoms with van der Waals surface area (Å²) < 4.78 is 0.961. The van der Waals surface area contributed by atoms with Crippen molar-refractivity contribution in [2.45, 2.75) is 57.2 Å². The molecular weight excluding hydrogens is 520 g/mol. The molecule has 3 fully saturated rings. The molecule has 1 spiro atoms. The molecule has 0 unspecified atom stereocenters. The number of likely N-dealkylation sites (tertiary alicyclic amines) is 1. The van der Waals surface area contributed by atoms with Gasteiger partial charge in [0.05, 0.1) is 12.6 Å². The van der Waals surface area contributed by atoms with E-state index in [4.69, 9.17) is 0 Å². The first-order valence-electron chi connectivity index (χ1n) is 12.7. The van der Waals surface area contributed by atoms with Gasteiger partial charge in [-0.25, -0.2) is 4.79 Å². The molecule has 2 N–H and O–H groups in total. The lowest BCUT2D eigenvalue weighted by Gasteiger charge is -2.38. The van der Waals surface area contributed by atoms with E-state index in [0.717, 1.165) is 54.5 Å². The maximum absolute atomic E-state index is 13.3. The molecule has 36 heavy (non-hydrogen) atoms. The average Bonchev–Trinajstić information content (AvgIpc) is 3.60. The summed E-state index contributed by atoms with van der Waals surface area (Å²) in [7, 11) is 0. The monoisotopic (exact) mass is 552 g/mol. The number of hydrogen-bond acceptors (Lipinski definition) is 4. The summed E-state index contributed by atoms with van der Waals surface area (Å²) in [6, 6.07) is 17.5. The Hall–Kier alpha value is -2.71. The van der Waals surface area contributed by atoms with Gasteiger partial charge in [0.25, 0.3) is 5.91 Å². The van der Waals surface area contributed by atoms with Crippen molar-refractivity contribution in [3.8, 4) is 0 Å². The summed E-state index contributed by atoms with van der Waals surface area (Å²) in [5.41, 5.74) is 1.01. The minimum atomic E-state index is -0.809. The number of benzene rings is 2. The van der Waals surface area contributed by atoms with Gasteiger partial charge in [-0.1, -0.05) is 65.3 Å². The number of amides is 4. The first-order valence-corrected chi connectivity index (χ1v) is 13.5. The van der Waals surface area contributed by atoms with Gasteiger partial charge in [-0.05, 0) is 55.4 Å². The SMILES string of the molecule is CC1(C(=O)N[C@@H](CCN2CCC3(CC2)NC(=O)N(Cc2ccc(Br)cc2)C3=O)c2ccccc2)CC1. The van der Waals surface area contributed by atoms with Crippen molar-refractivity contribution in [3.05, 3.63) is 70.2 Å². The Morgan fingerprint density at radius 2 is 1.69 bits per heavy atom. The molecule has 2 aromatic carbocycles. The number of nitrogens with one attached hydrogen (secondary N) is 2. The summed E-state index contributed by atoms with van der Waals surface area (Å²) in [6.07, 6.45) is 3.89. The highest BCUT2D eigenvalue weighted by molar-refractivity contribution is 9.10. The largest absolute Gasteiger partial charge is 0.349 e. The van der Waals surface area contributed by atoms with Gasteiger partial charge in [-0.2, -0.15) is 0 Å². The molecule has 2 aromatic rings. The van der Waals surface area contributed by atoms with Crippen molar-refractivity contribution in [1.82, 2.24) is 20.4 Å². The average molecular weight is 554 g/mol. The third-order valence-electron chi connectivity index (χ3n) is 8.00. The van der Waals surface area contributed by atoms with Crippen LogP contribution in [0, 0.1) is 5.41 Å². The lowest BCUT2D eigenvalue weighted by molar-refractivity contribution is -0.133. The summed E-state index contributed by atoms with van der Waals surface area (Å²) in [4.78, 5) is 42.5. The fourth-order valence-electron chi connectivity index (χ4n) is 5.16. The summed E-state index contributed by atoms with van der Waals surface area (Å²) in [6.45, 7) is 4.58. The zero-order valence-electron chi connectivity index (χ0n) is 20.6. The molecule has 0 bridgehead atoms. The van der Waals surface area contributed by atoms with Crippen LogP contribution in [0.15, 0.2) is 59.1 Å². The van der Waals surface area contributed by atoms with Gasteiger partial charge >= 0.3 is 6.03 Å². The van der Waals surface area contributed by atoms with Gasteiger partial charge in [0.2, 0.25) is 5.91 Å². The smallest absolute Gasteiger partial charge is 0.325 e. The maximum atomic E-state index is 13.3. The van der Waals surface area contributed by atoms with Crippen molar-refractivity contribution < 1.29 is 14.4 Å². The van der Waals surface area contributed by atoms with Crippen LogP contribution in [0.4, 0.5) is 4.79 Å². The maximum Gasteiger partial charge on any atom is 0.325 e. The lowest BCUT2D eigenvalue weighted by Crippen LogP contribution is -2.55. The number of hydrogen-bond donors (Lipinski definition) is 2. The Morgan fingerprint density at radius 1 is 1.03 bits per heavy atom. The number of piperidine rings is 1. The van der Waals surface area contributed by atoms with Crippen LogP contribution in [0.25, 0.3) is 0 Å². The number of nitrogens with zero attached hydrogens (tertiary/aromatic N) is 2. The number of carbonyl (C=O) groups is 3. The van der Waals surface area contributed by atoms with E-state index in [1.807, 2.05) is 49.4 Å². The highest BCUT2D eigenvalue weighted by atomic mass is 79.9. The van der Waals surface area contributed by atoms with Crippen molar-refractivity contribution in [3.63, 3.8) is 0 Å². The standard InChI is InChI=1S/C28H33BrN4O3/c1-27(12-13-27)24(34)30-23(21-5-3-2-4-6-21)11-16-32-17-14-28(15-18-32)25(35)33(26(36)31-28)19-20-7-9-22(29)10-8-20/h2-10,23H,11-19H2,1H3,(H,30,34)(H,31,36)/t23-/m0/s1. The summed E-state index contributed by atoms with van der Waals surface area (Å²) >= 11 is 3.42. The zero-order chi connectivity index (χ0) is 25.3. The molecule has 1 aliphatic carbocycles. The third-order valence-corrected chi connectivity index (χ3v) is 8.53. The molecule has 0 aromatic heterocycles. The van der Waals surface area contributed by atoms with Crippen molar-refractivity contribution >= 4 is 33.8 Å². The van der Waals surface area contributed by atoms with E-state index >= 15 is 0 Å². The van der Waals surface area contributed by atoms with Crippen LogP contribution in [-0.2, 0) is 16.1 Å². The number of carbonyl (C=O) groups excluding carboxylic acids is 3. The van der Waals surface area contributed by atoms with E-state index in [1.165, 1.54) is 4.90 Å². The Morgan fingerprint density at radius 3 is 2.33 bits per heavy atom. The Bertz CT molecular complexity index is 1130. The molecule has 5 rings (SSSR count). The first kappa shape index (κ1) is 25.0. The minimum absolute atomic E-state index is 0.0405. The van der Waals surface area contributed by atoms with Crippen LogP contribution >= 0.6 is 15.9 Å². The van der Waals surface area contributed by atoms with Gasteiger partial charge in [0.15, 0.2) is 0 Å². The van der Waals surface area contributed by atoms with Crippen LogP contribution < -0.4 is 10.6 Å². The quantitative estimate of drug-likeness (QED) is 0.476. The van der Waals surface area contributed by atoms with E-state index in [9.17, 15) is 14.4 Å². The number of urea groups is 1. The van der Waals surface area contributed by atoms with Crippen LogP contribution in [0.3, 0.4) is 0 Å². The molecule has 2 aliphatic heterocycles. The van der Waals surface area contributed by atoms with Crippen LogP contribution in [0.2, 0.25) is 0 Å². The van der Waals surface area contributed by atoms with Crippen molar-refractivity contribution in [2.75, 3.05) is 19.6 Å². The minimum Gasteiger partial charge on any atom is -0.349 e. The number of rotatable bonds is 8. The van der Waals surface area contributed by atoms with Crippen LogP contribution in [0.1, 0.15) is 56.2 Å². The highest BCUT2D eigenvalue weighted by Crippen LogP contribution is 2.45. The molecule has 3 aliphatic rings. The van der Waals surface area contributed by atoms with E-state index in [2.05, 4.69) is 43.6 Å². The third kappa shape index (κ3) is 5.20. The summed E-state index contributed by atoms with van der Waals surface area (Å²) in [5.74, 6) is 0.0150. The van der Waals surface area contributed by atoms with Gasteiger partial charge in [-0.3, -0.25) is 14.5 Å². The fraction of sp³-hybridized carbons (Fsp3) is 0.464. The molecule has 1 atom stereocenters. The van der Waals surface area contributed by atoms with Crippen LogP contribution in [0.5, 0.6) is 0 Å². The summed E-state index contributed by atoms with van der Waals surface area (Å²) in [5, 5.41) is 6.29. The molecule has 8 heteroatoms. The predicted octanol–water partition coefficient (Wildman–Crippen LogP) is 4.38. The number of halogens is 1. The predicted molar refractivity (Wildman–Crippen MR) is 141 cm³/mol. The van der Waals surface area contributed by atoms with E-state index in [1.54, 1.807) is 0 Å². The second-order valence-electron chi connectivity index (χ2n) is 10.7. The highest BCUT2D eigenvalue weighted by Gasteiger charge is 2.52. The van der Waals surface area contributed by atoms with E-state index < -0.39 is 5.54 Å². The zero-order valence-corrected chi connectivity index (χ0v) is 22.2. The Kier molecular flexibility index (Phi) is 6.92. The van der Waals surface area contributed by atoms with Gasteiger partial charge in [0.1, 0.15) is 5.54 Å². The second-order valence-corrected chi connectivity index (χ2v) is 11.6. The molecule has 190 valence electrons. The van der Waals surface area contributed by atoms with Gasteiger partial charge in [0, 0.05) is 29.5 Å².